The number of anilines is 1. The number of nitrogens with zero attached hydrogens (tertiary/aromatic N) is 1. The number of nitro groups is 1. The van der Waals surface area contributed by atoms with Gasteiger partial charge < -0.3 is 5.32 Å². The maximum atomic E-state index is 12.3. The maximum absolute atomic E-state index is 12.3. The van der Waals surface area contributed by atoms with E-state index < -0.39 is 26.4 Å². The number of halogens is 1. The monoisotopic (exact) mass is 412 g/mol. The molecule has 0 aliphatic rings. The van der Waals surface area contributed by atoms with Crippen molar-refractivity contribution in [3.05, 3.63) is 62.6 Å². The van der Waals surface area contributed by atoms with Gasteiger partial charge in [-0.2, -0.15) is 0 Å². The van der Waals surface area contributed by atoms with Crippen LogP contribution in [0.2, 0.25) is 0 Å². The van der Waals surface area contributed by atoms with Gasteiger partial charge in [-0.1, -0.05) is 28.1 Å². The number of sulfone groups is 1. The van der Waals surface area contributed by atoms with Gasteiger partial charge in [0.25, 0.3) is 5.69 Å². The average molecular weight is 413 g/mol. The molecule has 0 heterocycles. The standard InChI is InChI=1S/C15H13BrN2O5S/c1-10-13(6-3-7-14(10)18(20)21)17-15(19)9-24(22,23)12-5-2-4-11(16)8-12/h2-8H,9H2,1H3,(H,17,19). The molecule has 126 valence electrons. The van der Waals surface area contributed by atoms with Gasteiger partial charge in [0.1, 0.15) is 5.75 Å². The molecule has 0 saturated carbocycles. The number of carbonyl (C=O) groups excluding carboxylic acids is 1. The molecule has 1 amide bonds. The first-order valence-corrected chi connectivity index (χ1v) is 9.17. The molecule has 0 spiro atoms. The van der Waals surface area contributed by atoms with Gasteiger partial charge in [-0.3, -0.25) is 14.9 Å². The van der Waals surface area contributed by atoms with Crippen LogP contribution in [0.15, 0.2) is 51.8 Å². The summed E-state index contributed by atoms with van der Waals surface area (Å²) in [7, 11) is -3.82. The Hall–Kier alpha value is -2.26. The third kappa shape index (κ3) is 4.18. The van der Waals surface area contributed by atoms with E-state index in [2.05, 4.69) is 21.2 Å². The Morgan fingerprint density at radius 3 is 2.54 bits per heavy atom. The molecule has 0 bridgehead atoms. The van der Waals surface area contributed by atoms with Crippen LogP contribution in [-0.4, -0.2) is 25.0 Å². The van der Waals surface area contributed by atoms with E-state index in [1.165, 1.54) is 37.3 Å². The molecule has 0 saturated heterocycles. The van der Waals surface area contributed by atoms with Crippen LogP contribution in [0.4, 0.5) is 11.4 Å². The summed E-state index contributed by atoms with van der Waals surface area (Å²) < 4.78 is 25.1. The van der Waals surface area contributed by atoms with E-state index in [0.29, 0.717) is 4.47 Å². The molecule has 2 rings (SSSR count). The normalized spacial score (nSPS) is 11.1. The van der Waals surface area contributed by atoms with Crippen LogP contribution in [0.1, 0.15) is 5.56 Å². The van der Waals surface area contributed by atoms with E-state index in [4.69, 9.17) is 0 Å². The highest BCUT2D eigenvalue weighted by Gasteiger charge is 2.21. The largest absolute Gasteiger partial charge is 0.325 e. The number of nitrogens with one attached hydrogen (secondary N) is 1. The third-order valence-electron chi connectivity index (χ3n) is 3.25. The SMILES string of the molecule is Cc1c(NC(=O)CS(=O)(=O)c2cccc(Br)c2)cccc1[N+](=O)[O-]. The Kier molecular flexibility index (Phi) is 5.35. The van der Waals surface area contributed by atoms with Gasteiger partial charge in [0.15, 0.2) is 9.84 Å². The Bertz CT molecular complexity index is 912. The first-order chi connectivity index (χ1) is 11.2. The van der Waals surface area contributed by atoms with E-state index in [1.807, 2.05) is 0 Å². The van der Waals surface area contributed by atoms with Crippen molar-refractivity contribution < 1.29 is 18.1 Å². The Labute approximate surface area is 146 Å². The molecule has 0 radical (unpaired) electrons. The summed E-state index contributed by atoms with van der Waals surface area (Å²) in [6.45, 7) is 1.48. The lowest BCUT2D eigenvalue weighted by Gasteiger charge is -2.09. The molecule has 7 nitrogen and oxygen atoms in total. The lowest BCUT2D eigenvalue weighted by molar-refractivity contribution is -0.385. The minimum Gasteiger partial charge on any atom is -0.325 e. The predicted octanol–water partition coefficient (Wildman–Crippen LogP) is 3.08. The fourth-order valence-corrected chi connectivity index (χ4v) is 3.79. The van der Waals surface area contributed by atoms with Crippen molar-refractivity contribution in [1.29, 1.82) is 0 Å². The van der Waals surface area contributed by atoms with E-state index in [-0.39, 0.29) is 21.8 Å². The van der Waals surface area contributed by atoms with Crippen molar-refractivity contribution >= 4 is 43.0 Å². The lowest BCUT2D eigenvalue weighted by Crippen LogP contribution is -2.23. The molecular formula is C15H13BrN2O5S. The predicted molar refractivity (Wildman–Crippen MR) is 92.7 cm³/mol. The molecule has 2 aromatic carbocycles. The highest BCUT2D eigenvalue weighted by molar-refractivity contribution is 9.10. The van der Waals surface area contributed by atoms with E-state index in [9.17, 15) is 23.3 Å². The van der Waals surface area contributed by atoms with Crippen molar-refractivity contribution in [2.75, 3.05) is 11.1 Å². The van der Waals surface area contributed by atoms with Crippen LogP contribution < -0.4 is 5.32 Å². The van der Waals surface area contributed by atoms with Gasteiger partial charge in [-0.15, -0.1) is 0 Å². The first-order valence-electron chi connectivity index (χ1n) is 6.73. The molecule has 1 N–H and O–H groups in total. The van der Waals surface area contributed by atoms with Crippen LogP contribution >= 0.6 is 15.9 Å². The second kappa shape index (κ2) is 7.10. The minimum atomic E-state index is -3.82. The summed E-state index contributed by atoms with van der Waals surface area (Å²) in [6.07, 6.45) is 0. The van der Waals surface area contributed by atoms with E-state index in [0.717, 1.165) is 0 Å². The molecular weight excluding hydrogens is 400 g/mol. The van der Waals surface area contributed by atoms with Crippen LogP contribution in [0, 0.1) is 17.0 Å². The smallest absolute Gasteiger partial charge is 0.274 e. The Morgan fingerprint density at radius 2 is 1.92 bits per heavy atom. The van der Waals surface area contributed by atoms with E-state index >= 15 is 0 Å². The molecule has 0 aliphatic carbocycles. The van der Waals surface area contributed by atoms with Crippen molar-refractivity contribution in [3.63, 3.8) is 0 Å². The summed E-state index contributed by atoms with van der Waals surface area (Å²) in [5.74, 6) is -1.52. The third-order valence-corrected chi connectivity index (χ3v) is 5.36. The molecule has 2 aromatic rings. The van der Waals surface area contributed by atoms with Crippen LogP contribution in [0.25, 0.3) is 0 Å². The van der Waals surface area contributed by atoms with Crippen molar-refractivity contribution in [1.82, 2.24) is 0 Å². The number of amides is 1. The first kappa shape index (κ1) is 18.1. The van der Waals surface area contributed by atoms with Gasteiger partial charge in [-0.25, -0.2) is 8.42 Å². The van der Waals surface area contributed by atoms with Crippen molar-refractivity contribution in [2.45, 2.75) is 11.8 Å². The van der Waals surface area contributed by atoms with Crippen molar-refractivity contribution in [2.24, 2.45) is 0 Å². The molecule has 24 heavy (non-hydrogen) atoms. The Morgan fingerprint density at radius 1 is 1.25 bits per heavy atom. The topological polar surface area (TPSA) is 106 Å². The van der Waals surface area contributed by atoms with Crippen LogP contribution in [0.5, 0.6) is 0 Å². The summed E-state index contributed by atoms with van der Waals surface area (Å²) in [5, 5.41) is 13.3. The summed E-state index contributed by atoms with van der Waals surface area (Å²) in [6, 6.07) is 10.2. The summed E-state index contributed by atoms with van der Waals surface area (Å²) in [5.41, 5.74) is 0.317. The number of benzene rings is 2. The summed E-state index contributed by atoms with van der Waals surface area (Å²) >= 11 is 3.18. The highest BCUT2D eigenvalue weighted by atomic mass is 79.9. The molecule has 9 heteroatoms. The number of carbonyl (C=O) groups is 1. The average Bonchev–Trinajstić information content (AvgIpc) is 2.48. The van der Waals surface area contributed by atoms with Gasteiger partial charge >= 0.3 is 0 Å². The quantitative estimate of drug-likeness (QED) is 0.599. The second-order valence-electron chi connectivity index (χ2n) is 4.97. The zero-order valence-electron chi connectivity index (χ0n) is 12.5. The maximum Gasteiger partial charge on any atom is 0.274 e. The van der Waals surface area contributed by atoms with Gasteiger partial charge in [-0.05, 0) is 31.2 Å². The van der Waals surface area contributed by atoms with Gasteiger partial charge in [0.05, 0.1) is 21.1 Å². The molecule has 0 fully saturated rings. The molecule has 0 unspecified atom stereocenters. The minimum absolute atomic E-state index is 0.0165. The highest BCUT2D eigenvalue weighted by Crippen LogP contribution is 2.25. The molecule has 0 aliphatic heterocycles. The molecule has 0 atom stereocenters. The Balaban J connectivity index is 2.20. The van der Waals surface area contributed by atoms with Crippen LogP contribution in [-0.2, 0) is 14.6 Å². The van der Waals surface area contributed by atoms with Gasteiger partial charge in [0.2, 0.25) is 5.91 Å². The van der Waals surface area contributed by atoms with Crippen LogP contribution in [0.3, 0.4) is 0 Å². The zero-order chi connectivity index (χ0) is 17.9. The van der Waals surface area contributed by atoms with Crippen molar-refractivity contribution in [3.8, 4) is 0 Å². The fourth-order valence-electron chi connectivity index (χ4n) is 2.06. The number of hydrogen-bond donors (Lipinski definition) is 1. The summed E-state index contributed by atoms with van der Waals surface area (Å²) in [4.78, 5) is 22.4. The number of hydrogen-bond acceptors (Lipinski definition) is 5. The molecule has 0 aromatic heterocycles. The second-order valence-corrected chi connectivity index (χ2v) is 7.88. The lowest BCUT2D eigenvalue weighted by atomic mass is 10.1. The zero-order valence-corrected chi connectivity index (χ0v) is 14.9. The fraction of sp³-hybridized carbons (Fsp3) is 0.133. The number of rotatable bonds is 5. The van der Waals surface area contributed by atoms with Gasteiger partial charge in [0, 0.05) is 10.5 Å². The van der Waals surface area contributed by atoms with E-state index in [1.54, 1.807) is 12.1 Å². The number of nitro benzene ring substituents is 1.